The number of anilines is 1. The molecule has 5 heteroatoms. The number of amides is 1. The number of rotatable bonds is 4. The highest BCUT2D eigenvalue weighted by Crippen LogP contribution is 2.39. The van der Waals surface area contributed by atoms with Gasteiger partial charge in [-0.1, -0.05) is 48.5 Å². The van der Waals surface area contributed by atoms with E-state index in [9.17, 15) is 4.79 Å². The SMILES string of the molecule is N#Cc1cccc(OCC(=O)N2c3ccccc3OC[C@@H]2c2ccccc2)c1. The van der Waals surface area contributed by atoms with E-state index in [-0.39, 0.29) is 18.6 Å². The third-order valence-corrected chi connectivity index (χ3v) is 4.61. The third kappa shape index (κ3) is 3.53. The van der Waals surface area contributed by atoms with Gasteiger partial charge in [-0.05, 0) is 35.9 Å². The number of benzene rings is 3. The van der Waals surface area contributed by atoms with Crippen molar-refractivity contribution in [3.8, 4) is 17.6 Å². The van der Waals surface area contributed by atoms with E-state index in [1.807, 2.05) is 54.6 Å². The van der Waals surface area contributed by atoms with Crippen LogP contribution in [0.2, 0.25) is 0 Å². The Hall–Kier alpha value is -3.78. The number of nitrogens with zero attached hydrogens (tertiary/aromatic N) is 2. The molecule has 0 saturated heterocycles. The lowest BCUT2D eigenvalue weighted by Gasteiger charge is -2.37. The first-order chi connectivity index (χ1) is 13.8. The van der Waals surface area contributed by atoms with Crippen LogP contribution in [0.25, 0.3) is 0 Å². The molecule has 1 aliphatic heterocycles. The molecule has 0 aromatic heterocycles. The van der Waals surface area contributed by atoms with Gasteiger partial charge in [0.2, 0.25) is 0 Å². The zero-order valence-corrected chi connectivity index (χ0v) is 15.1. The Labute approximate surface area is 163 Å². The molecule has 28 heavy (non-hydrogen) atoms. The number of hydrogen-bond donors (Lipinski definition) is 0. The van der Waals surface area contributed by atoms with Gasteiger partial charge in [0, 0.05) is 0 Å². The molecule has 4 rings (SSSR count). The largest absolute Gasteiger partial charge is 0.489 e. The van der Waals surface area contributed by atoms with Crippen LogP contribution < -0.4 is 14.4 Å². The number of carbonyl (C=O) groups excluding carboxylic acids is 1. The molecular weight excluding hydrogens is 352 g/mol. The minimum Gasteiger partial charge on any atom is -0.489 e. The summed E-state index contributed by atoms with van der Waals surface area (Å²) in [6.45, 7) is 0.239. The molecule has 0 unspecified atom stereocenters. The van der Waals surface area contributed by atoms with E-state index in [1.54, 1.807) is 29.2 Å². The summed E-state index contributed by atoms with van der Waals surface area (Å²) in [4.78, 5) is 14.9. The first kappa shape index (κ1) is 17.6. The molecule has 3 aromatic rings. The topological polar surface area (TPSA) is 62.6 Å². The average molecular weight is 370 g/mol. The molecule has 0 bridgehead atoms. The van der Waals surface area contributed by atoms with Crippen molar-refractivity contribution in [1.82, 2.24) is 0 Å². The molecule has 3 aromatic carbocycles. The maximum absolute atomic E-state index is 13.2. The van der Waals surface area contributed by atoms with Gasteiger partial charge in [0.1, 0.15) is 18.1 Å². The van der Waals surface area contributed by atoms with Crippen LogP contribution in [0.15, 0.2) is 78.9 Å². The van der Waals surface area contributed by atoms with Crippen molar-refractivity contribution in [3.63, 3.8) is 0 Å². The molecule has 138 valence electrons. The van der Waals surface area contributed by atoms with Gasteiger partial charge in [-0.2, -0.15) is 5.26 Å². The summed E-state index contributed by atoms with van der Waals surface area (Å²) in [5, 5.41) is 9.02. The number of nitriles is 1. The van der Waals surface area contributed by atoms with Gasteiger partial charge >= 0.3 is 0 Å². The Morgan fingerprint density at radius 2 is 1.86 bits per heavy atom. The molecule has 0 saturated carbocycles. The van der Waals surface area contributed by atoms with Crippen LogP contribution in [0.1, 0.15) is 17.2 Å². The smallest absolute Gasteiger partial charge is 0.265 e. The van der Waals surface area contributed by atoms with Gasteiger partial charge in [-0.15, -0.1) is 0 Å². The summed E-state index contributed by atoms with van der Waals surface area (Å²) in [5.74, 6) is 0.992. The maximum Gasteiger partial charge on any atom is 0.265 e. The van der Waals surface area contributed by atoms with Crippen molar-refractivity contribution in [2.75, 3.05) is 18.1 Å². The number of carbonyl (C=O) groups is 1. The monoisotopic (exact) mass is 370 g/mol. The van der Waals surface area contributed by atoms with Crippen LogP contribution in [-0.4, -0.2) is 19.1 Å². The summed E-state index contributed by atoms with van der Waals surface area (Å²) >= 11 is 0. The Bertz CT molecular complexity index is 1030. The fourth-order valence-corrected chi connectivity index (χ4v) is 3.29. The van der Waals surface area contributed by atoms with Gasteiger partial charge in [0.15, 0.2) is 6.61 Å². The summed E-state index contributed by atoms with van der Waals surface area (Å²) in [6, 6.07) is 25.9. The Kier molecular flexibility index (Phi) is 4.94. The number of ether oxygens (including phenoxy) is 2. The zero-order chi connectivity index (χ0) is 19.3. The molecule has 0 N–H and O–H groups in total. The fraction of sp³-hybridized carbons (Fsp3) is 0.130. The van der Waals surface area contributed by atoms with Crippen LogP contribution in [0.5, 0.6) is 11.5 Å². The molecule has 0 aliphatic carbocycles. The van der Waals surface area contributed by atoms with Crippen LogP contribution in [-0.2, 0) is 4.79 Å². The van der Waals surface area contributed by atoms with E-state index in [1.165, 1.54) is 0 Å². The highest BCUT2D eigenvalue weighted by atomic mass is 16.5. The maximum atomic E-state index is 13.2. The van der Waals surface area contributed by atoms with Crippen molar-refractivity contribution >= 4 is 11.6 Å². The average Bonchev–Trinajstić information content (AvgIpc) is 2.77. The standard InChI is InChI=1S/C23H18N2O3/c24-14-17-7-6-10-19(13-17)27-16-23(26)25-20-11-4-5-12-22(20)28-15-21(25)18-8-2-1-3-9-18/h1-13,21H,15-16H2/t21-/m1/s1. The number of para-hydroxylation sites is 2. The van der Waals surface area contributed by atoms with Crippen molar-refractivity contribution < 1.29 is 14.3 Å². The lowest BCUT2D eigenvalue weighted by Crippen LogP contribution is -2.43. The van der Waals surface area contributed by atoms with Gasteiger partial charge in [-0.3, -0.25) is 9.69 Å². The summed E-state index contributed by atoms with van der Waals surface area (Å²) in [6.07, 6.45) is 0. The Balaban J connectivity index is 1.61. The van der Waals surface area contributed by atoms with E-state index in [0.717, 1.165) is 11.3 Å². The molecule has 1 amide bonds. The second-order valence-electron chi connectivity index (χ2n) is 6.40. The predicted octanol–water partition coefficient (Wildman–Crippen LogP) is 4.10. The number of fused-ring (bicyclic) bond motifs is 1. The zero-order valence-electron chi connectivity index (χ0n) is 15.1. The Morgan fingerprint density at radius 3 is 2.68 bits per heavy atom. The molecule has 5 nitrogen and oxygen atoms in total. The van der Waals surface area contributed by atoms with Crippen LogP contribution >= 0.6 is 0 Å². The molecule has 1 heterocycles. The van der Waals surface area contributed by atoms with Crippen LogP contribution in [0, 0.1) is 11.3 Å². The first-order valence-electron chi connectivity index (χ1n) is 8.98. The first-order valence-corrected chi connectivity index (χ1v) is 8.98. The van der Waals surface area contributed by atoms with Crippen molar-refractivity contribution in [1.29, 1.82) is 5.26 Å². The molecule has 0 fully saturated rings. The summed E-state index contributed by atoms with van der Waals surface area (Å²) in [7, 11) is 0. The number of hydrogen-bond acceptors (Lipinski definition) is 4. The van der Waals surface area contributed by atoms with Gasteiger partial charge in [-0.25, -0.2) is 0 Å². The third-order valence-electron chi connectivity index (χ3n) is 4.61. The lowest BCUT2D eigenvalue weighted by atomic mass is 10.0. The van der Waals surface area contributed by atoms with Gasteiger partial charge in [0.05, 0.1) is 23.4 Å². The van der Waals surface area contributed by atoms with E-state index < -0.39 is 0 Å². The second kappa shape index (κ2) is 7.85. The van der Waals surface area contributed by atoms with Gasteiger partial charge in [0.25, 0.3) is 5.91 Å². The molecule has 0 radical (unpaired) electrons. The van der Waals surface area contributed by atoms with E-state index in [4.69, 9.17) is 14.7 Å². The molecular formula is C23H18N2O3. The molecule has 0 spiro atoms. The van der Waals surface area contributed by atoms with E-state index in [0.29, 0.717) is 23.7 Å². The van der Waals surface area contributed by atoms with Crippen LogP contribution in [0.3, 0.4) is 0 Å². The van der Waals surface area contributed by atoms with E-state index in [2.05, 4.69) is 6.07 Å². The van der Waals surface area contributed by atoms with Crippen molar-refractivity contribution in [2.45, 2.75) is 6.04 Å². The summed E-state index contributed by atoms with van der Waals surface area (Å²) in [5.41, 5.74) is 2.21. The normalized spacial score (nSPS) is 15.1. The Morgan fingerprint density at radius 1 is 1.07 bits per heavy atom. The molecule has 1 aliphatic rings. The minimum atomic E-state index is -0.238. The van der Waals surface area contributed by atoms with Crippen LogP contribution in [0.4, 0.5) is 5.69 Å². The fourth-order valence-electron chi connectivity index (χ4n) is 3.29. The second-order valence-corrected chi connectivity index (χ2v) is 6.40. The van der Waals surface area contributed by atoms with Crippen molar-refractivity contribution in [2.24, 2.45) is 0 Å². The van der Waals surface area contributed by atoms with Crippen molar-refractivity contribution in [3.05, 3.63) is 90.0 Å². The van der Waals surface area contributed by atoms with E-state index >= 15 is 0 Å². The summed E-state index contributed by atoms with van der Waals surface area (Å²) < 4.78 is 11.6. The molecule has 1 atom stereocenters. The highest BCUT2D eigenvalue weighted by molar-refractivity contribution is 5.97. The lowest BCUT2D eigenvalue weighted by molar-refractivity contribution is -0.121. The predicted molar refractivity (Wildman–Crippen MR) is 105 cm³/mol. The quantitative estimate of drug-likeness (QED) is 0.694. The van der Waals surface area contributed by atoms with Gasteiger partial charge < -0.3 is 9.47 Å². The highest BCUT2D eigenvalue weighted by Gasteiger charge is 2.33. The minimum absolute atomic E-state index is 0.132.